The van der Waals surface area contributed by atoms with Gasteiger partial charge in [-0.2, -0.15) is 0 Å². The first kappa shape index (κ1) is 39.8. The third kappa shape index (κ3) is 8.38. The van der Waals surface area contributed by atoms with Crippen LogP contribution < -0.4 is 0 Å². The van der Waals surface area contributed by atoms with E-state index >= 15 is 0 Å². The lowest BCUT2D eigenvalue weighted by Crippen LogP contribution is -2.49. The Morgan fingerprint density at radius 2 is 1.52 bits per heavy atom. The molecule has 272 valence electrons. The van der Waals surface area contributed by atoms with Crippen molar-refractivity contribution >= 4 is 16.6 Å². The molecule has 0 saturated heterocycles. The molecule has 4 fully saturated rings. The molecule has 4 aliphatic carbocycles. The molecule has 3 nitrogen and oxygen atoms in total. The summed E-state index contributed by atoms with van der Waals surface area (Å²) in [6.45, 7) is 35.5. The molecule has 4 aliphatic rings. The highest BCUT2D eigenvalue weighted by molar-refractivity contribution is 6.74. The van der Waals surface area contributed by atoms with E-state index in [-0.39, 0.29) is 33.8 Å². The second-order valence-electron chi connectivity index (χ2n) is 19.5. The monoisotopic (exact) mass is 695 g/mol. The Hall–Kier alpha value is -0.986. The van der Waals surface area contributed by atoms with E-state index in [9.17, 15) is 0 Å². The molecule has 0 amide bonds. The molecular formula is C43H74O3Si2. The van der Waals surface area contributed by atoms with Gasteiger partial charge in [0.25, 0.3) is 0 Å². The second kappa shape index (κ2) is 14.6. The molecule has 0 radical (unpaired) electrons. The third-order valence-electron chi connectivity index (χ3n) is 14.1. The highest BCUT2D eigenvalue weighted by Gasteiger charge is 2.51. The van der Waals surface area contributed by atoms with Crippen molar-refractivity contribution in [1.82, 2.24) is 0 Å². The van der Waals surface area contributed by atoms with Crippen LogP contribution in [0.2, 0.25) is 36.3 Å². The molecule has 5 heteroatoms. The fraction of sp³-hybridized carbons (Fsp3) is 0.767. The van der Waals surface area contributed by atoms with Crippen LogP contribution in [-0.2, 0) is 13.6 Å². The van der Waals surface area contributed by atoms with E-state index in [0.29, 0.717) is 23.2 Å². The Morgan fingerprint density at radius 3 is 2.08 bits per heavy atom. The molecule has 0 aliphatic heterocycles. The smallest absolute Gasteiger partial charge is 0.192 e. The van der Waals surface area contributed by atoms with Gasteiger partial charge in [0.2, 0.25) is 0 Å². The summed E-state index contributed by atoms with van der Waals surface area (Å²) in [6.07, 6.45) is 25.6. The molecule has 0 spiro atoms. The number of methoxy groups -OCH3 is 1. The fourth-order valence-electron chi connectivity index (χ4n) is 8.85. The highest BCUT2D eigenvalue weighted by Crippen LogP contribution is 2.60. The van der Waals surface area contributed by atoms with Crippen LogP contribution in [0.15, 0.2) is 59.8 Å². The molecule has 48 heavy (non-hydrogen) atoms. The van der Waals surface area contributed by atoms with E-state index in [2.05, 4.69) is 125 Å². The van der Waals surface area contributed by atoms with Crippen LogP contribution in [0.4, 0.5) is 0 Å². The lowest BCUT2D eigenvalue weighted by atomic mass is 9.61. The predicted octanol–water partition coefficient (Wildman–Crippen LogP) is 12.7. The van der Waals surface area contributed by atoms with Crippen molar-refractivity contribution in [1.29, 1.82) is 0 Å². The topological polar surface area (TPSA) is 27.7 Å². The molecule has 0 aromatic rings. The average molecular weight is 695 g/mol. The van der Waals surface area contributed by atoms with Gasteiger partial charge < -0.3 is 13.6 Å². The summed E-state index contributed by atoms with van der Waals surface area (Å²) in [5.41, 5.74) is 4.77. The zero-order chi connectivity index (χ0) is 35.9. The van der Waals surface area contributed by atoms with Gasteiger partial charge in [0, 0.05) is 18.9 Å². The number of hydrogen-bond donors (Lipinski definition) is 0. The van der Waals surface area contributed by atoms with Crippen molar-refractivity contribution in [2.24, 2.45) is 28.6 Å². The van der Waals surface area contributed by atoms with E-state index in [1.807, 2.05) is 7.11 Å². The standard InChI is InChI=1S/C43H74O3Si2/c1-16-25-43(27-28-43)39(44-11)24-19-31(2)36-22-23-37-33(18-17-26-42(36,37)10)20-21-34-29-35(45-47(12,13)40(4,5)6)30-38(32(34)3)46-48(14,15)41(7,8)9/h16,19-21,24-25,31,35-39H,3,17-18,22-23,26-30H2,1-2,4-15H3/b24-19+,25-16+,33-20+,34-21-/t31-,35?,36?,37?,38?,39?,42-/m1/s1. The van der Waals surface area contributed by atoms with Crippen LogP contribution in [0.3, 0.4) is 0 Å². The van der Waals surface area contributed by atoms with E-state index in [1.54, 1.807) is 5.57 Å². The average Bonchev–Trinajstić information content (AvgIpc) is 3.64. The summed E-state index contributed by atoms with van der Waals surface area (Å²) in [5.74, 6) is 1.92. The first-order valence-electron chi connectivity index (χ1n) is 19.4. The lowest BCUT2D eigenvalue weighted by Gasteiger charge is -2.45. The maximum Gasteiger partial charge on any atom is 0.192 e. The summed E-state index contributed by atoms with van der Waals surface area (Å²) in [7, 11) is -2.03. The van der Waals surface area contributed by atoms with Crippen molar-refractivity contribution < 1.29 is 13.6 Å². The maximum absolute atomic E-state index is 7.11. The van der Waals surface area contributed by atoms with Crippen LogP contribution in [0.5, 0.6) is 0 Å². The fourth-order valence-corrected chi connectivity index (χ4v) is 11.5. The van der Waals surface area contributed by atoms with Crippen molar-refractivity contribution in [3.8, 4) is 0 Å². The highest BCUT2D eigenvalue weighted by atomic mass is 28.4. The third-order valence-corrected chi connectivity index (χ3v) is 23.2. The largest absolute Gasteiger partial charge is 0.413 e. The molecule has 0 bridgehead atoms. The van der Waals surface area contributed by atoms with Crippen molar-refractivity contribution in [3.63, 3.8) is 0 Å². The number of fused-ring (bicyclic) bond motifs is 1. The Morgan fingerprint density at radius 1 is 0.896 bits per heavy atom. The number of hydrogen-bond acceptors (Lipinski definition) is 3. The quantitative estimate of drug-likeness (QED) is 0.159. The van der Waals surface area contributed by atoms with Gasteiger partial charge in [0.15, 0.2) is 16.6 Å². The van der Waals surface area contributed by atoms with Crippen LogP contribution in [0, 0.1) is 28.6 Å². The number of rotatable bonds is 11. The molecule has 0 aromatic heterocycles. The summed E-state index contributed by atoms with van der Waals surface area (Å²) < 4.78 is 20.2. The molecule has 4 rings (SSSR count). The van der Waals surface area contributed by atoms with Gasteiger partial charge in [-0.1, -0.05) is 104 Å². The Kier molecular flexibility index (Phi) is 12.1. The first-order valence-corrected chi connectivity index (χ1v) is 25.2. The minimum atomic E-state index is -1.98. The lowest BCUT2D eigenvalue weighted by molar-refractivity contribution is 0.0937. The Balaban J connectivity index is 1.57. The molecular weight excluding hydrogens is 621 g/mol. The summed E-state index contributed by atoms with van der Waals surface area (Å²) >= 11 is 0. The zero-order valence-corrected chi connectivity index (χ0v) is 35.7. The molecule has 0 aromatic carbocycles. The van der Waals surface area contributed by atoms with Gasteiger partial charge in [-0.15, -0.1) is 0 Å². The van der Waals surface area contributed by atoms with E-state index in [4.69, 9.17) is 20.2 Å². The maximum atomic E-state index is 7.11. The number of ether oxygens (including phenoxy) is 1. The van der Waals surface area contributed by atoms with Gasteiger partial charge in [-0.25, -0.2) is 0 Å². The van der Waals surface area contributed by atoms with Gasteiger partial charge in [-0.05, 0) is 129 Å². The summed E-state index contributed by atoms with van der Waals surface area (Å²) in [4.78, 5) is 0. The summed E-state index contributed by atoms with van der Waals surface area (Å²) in [5, 5.41) is 0.331. The minimum Gasteiger partial charge on any atom is -0.413 e. The van der Waals surface area contributed by atoms with Gasteiger partial charge in [-0.3, -0.25) is 0 Å². The molecule has 7 atom stereocenters. The summed E-state index contributed by atoms with van der Waals surface area (Å²) in [6, 6.07) is 0. The number of allylic oxidation sites excluding steroid dienone is 5. The van der Waals surface area contributed by atoms with Crippen molar-refractivity contribution in [2.75, 3.05) is 7.11 Å². The van der Waals surface area contributed by atoms with Gasteiger partial charge >= 0.3 is 0 Å². The van der Waals surface area contributed by atoms with Gasteiger partial charge in [0.05, 0.1) is 18.3 Å². The Bertz CT molecular complexity index is 1270. The van der Waals surface area contributed by atoms with Crippen LogP contribution in [-0.4, -0.2) is 42.1 Å². The van der Waals surface area contributed by atoms with E-state index in [1.165, 1.54) is 56.1 Å². The van der Waals surface area contributed by atoms with Crippen molar-refractivity contribution in [2.45, 2.75) is 175 Å². The SMILES string of the molecule is C=C1/C(=C\C=C2/CCC[C@@]3(C)C2CCC3[C@H](C)/C=C/C(OC)C2(/C=C/C)CC2)CC(O[Si](C)(C)C(C)(C)C)CC1O[Si](C)(C)C(C)(C)C. The Labute approximate surface area is 299 Å². The van der Waals surface area contributed by atoms with Gasteiger partial charge in [0.1, 0.15) is 0 Å². The zero-order valence-electron chi connectivity index (χ0n) is 33.7. The minimum absolute atomic E-state index is 0.0256. The molecule has 5 unspecified atom stereocenters. The molecule has 0 heterocycles. The second-order valence-corrected chi connectivity index (χ2v) is 29.0. The van der Waals surface area contributed by atoms with Crippen LogP contribution >= 0.6 is 0 Å². The van der Waals surface area contributed by atoms with Crippen LogP contribution in [0.25, 0.3) is 0 Å². The molecule has 0 N–H and O–H groups in total. The normalized spacial score (nSPS) is 33.2. The molecule has 4 saturated carbocycles. The first-order chi connectivity index (χ1) is 22.1. The van der Waals surface area contributed by atoms with E-state index < -0.39 is 16.6 Å². The van der Waals surface area contributed by atoms with Crippen LogP contribution in [0.1, 0.15) is 120 Å². The van der Waals surface area contributed by atoms with E-state index in [0.717, 1.165) is 12.8 Å². The predicted molar refractivity (Wildman–Crippen MR) is 212 cm³/mol. The van der Waals surface area contributed by atoms with Crippen molar-refractivity contribution in [3.05, 3.63) is 59.8 Å².